The van der Waals surface area contributed by atoms with Crippen LogP contribution in [-0.4, -0.2) is 23.5 Å². The maximum atomic E-state index is 6.03. The third-order valence-electron chi connectivity index (χ3n) is 4.26. The molecule has 0 amide bonds. The maximum Gasteiger partial charge on any atom is 0.120 e. The van der Waals surface area contributed by atoms with Crippen LogP contribution in [0.4, 0.5) is 0 Å². The number of nitrogens with zero attached hydrogens (tertiary/aromatic N) is 1. The Hall–Kier alpha value is -0.800. The predicted octanol–water partition coefficient (Wildman–Crippen LogP) is 3.71. The van der Waals surface area contributed by atoms with Gasteiger partial charge in [0.25, 0.3) is 0 Å². The topological polar surface area (TPSA) is 28.4 Å². The van der Waals surface area contributed by atoms with Crippen molar-refractivity contribution in [3.05, 3.63) is 23.2 Å². The van der Waals surface area contributed by atoms with E-state index in [9.17, 15) is 0 Å². The first-order valence-corrected chi connectivity index (χ1v) is 7.80. The van der Waals surface area contributed by atoms with E-state index >= 15 is 0 Å². The Balaban J connectivity index is 1.92. The van der Waals surface area contributed by atoms with Crippen molar-refractivity contribution in [2.75, 3.05) is 7.05 Å². The molecule has 1 heterocycles. The summed E-state index contributed by atoms with van der Waals surface area (Å²) in [7, 11) is 2.20. The number of furan rings is 1. The van der Waals surface area contributed by atoms with Crippen molar-refractivity contribution < 1.29 is 4.42 Å². The second kappa shape index (κ2) is 5.90. The Morgan fingerprint density at radius 2 is 2.05 bits per heavy atom. The Kier molecular flexibility index (Phi) is 4.60. The first-order valence-electron chi connectivity index (χ1n) is 7.80. The molecular weight excluding hydrogens is 248 g/mol. The molecule has 1 unspecified atom stereocenters. The highest BCUT2D eigenvalue weighted by molar-refractivity contribution is 5.20. The standard InChI is InChI=1S/C17H30N2O/c1-12-9-15(11-19(6)13(2)14-7-8-14)20-16(12)10-18-17(3,4)5/h9,13-14,18H,7-8,10-11H2,1-6H3. The van der Waals surface area contributed by atoms with E-state index in [1.54, 1.807) is 0 Å². The van der Waals surface area contributed by atoms with Gasteiger partial charge in [0.05, 0.1) is 13.1 Å². The predicted molar refractivity (Wildman–Crippen MR) is 83.7 cm³/mol. The summed E-state index contributed by atoms with van der Waals surface area (Å²) in [5.74, 6) is 3.06. The lowest BCUT2D eigenvalue weighted by Gasteiger charge is -2.23. The summed E-state index contributed by atoms with van der Waals surface area (Å²) >= 11 is 0. The van der Waals surface area contributed by atoms with Crippen LogP contribution in [0.3, 0.4) is 0 Å². The second-order valence-electron chi connectivity index (χ2n) is 7.42. The van der Waals surface area contributed by atoms with E-state index in [0.29, 0.717) is 6.04 Å². The molecular formula is C17H30N2O. The van der Waals surface area contributed by atoms with Crippen LogP contribution in [0.15, 0.2) is 10.5 Å². The third-order valence-corrected chi connectivity index (χ3v) is 4.26. The van der Waals surface area contributed by atoms with Crippen LogP contribution in [0, 0.1) is 12.8 Å². The maximum absolute atomic E-state index is 6.03. The Morgan fingerprint density at radius 3 is 2.60 bits per heavy atom. The lowest BCUT2D eigenvalue weighted by Crippen LogP contribution is -2.35. The molecule has 1 aliphatic carbocycles. The summed E-state index contributed by atoms with van der Waals surface area (Å²) in [4.78, 5) is 2.41. The molecule has 1 aromatic heterocycles. The first kappa shape index (κ1) is 15.6. The molecule has 20 heavy (non-hydrogen) atoms. The average molecular weight is 278 g/mol. The van der Waals surface area contributed by atoms with E-state index in [0.717, 1.165) is 30.5 Å². The number of hydrogen-bond donors (Lipinski definition) is 1. The average Bonchev–Trinajstić information content (AvgIpc) is 3.11. The molecule has 1 saturated carbocycles. The molecule has 1 N–H and O–H groups in total. The molecule has 114 valence electrons. The van der Waals surface area contributed by atoms with Crippen molar-refractivity contribution in [3.8, 4) is 0 Å². The number of nitrogens with one attached hydrogen (secondary N) is 1. The molecule has 2 rings (SSSR count). The van der Waals surface area contributed by atoms with Gasteiger partial charge in [0, 0.05) is 11.6 Å². The third kappa shape index (κ3) is 4.35. The van der Waals surface area contributed by atoms with Crippen LogP contribution in [0.5, 0.6) is 0 Å². The minimum atomic E-state index is 0.122. The Morgan fingerprint density at radius 1 is 1.40 bits per heavy atom. The molecule has 0 spiro atoms. The number of aryl methyl sites for hydroxylation is 1. The molecule has 1 fully saturated rings. The highest BCUT2D eigenvalue weighted by Crippen LogP contribution is 2.35. The zero-order valence-electron chi connectivity index (χ0n) is 13.9. The largest absolute Gasteiger partial charge is 0.463 e. The molecule has 0 saturated heterocycles. The van der Waals surface area contributed by atoms with Crippen LogP contribution in [0.25, 0.3) is 0 Å². The fourth-order valence-electron chi connectivity index (χ4n) is 2.52. The lowest BCUT2D eigenvalue weighted by atomic mass is 10.1. The smallest absolute Gasteiger partial charge is 0.120 e. The molecule has 1 aromatic rings. The van der Waals surface area contributed by atoms with Gasteiger partial charge in [0.15, 0.2) is 0 Å². The number of hydrogen-bond acceptors (Lipinski definition) is 3. The van der Waals surface area contributed by atoms with E-state index < -0.39 is 0 Å². The Labute approximate surface area is 123 Å². The molecule has 0 aliphatic heterocycles. The van der Waals surface area contributed by atoms with Crippen LogP contribution in [0.2, 0.25) is 0 Å². The summed E-state index contributed by atoms with van der Waals surface area (Å²) in [6.45, 7) is 12.7. The van der Waals surface area contributed by atoms with E-state index in [1.165, 1.54) is 18.4 Å². The molecule has 0 aromatic carbocycles. The minimum Gasteiger partial charge on any atom is -0.463 e. The van der Waals surface area contributed by atoms with Crippen molar-refractivity contribution in [2.45, 2.75) is 72.1 Å². The van der Waals surface area contributed by atoms with Crippen molar-refractivity contribution in [1.82, 2.24) is 10.2 Å². The van der Waals surface area contributed by atoms with E-state index in [1.807, 2.05) is 0 Å². The fourth-order valence-corrected chi connectivity index (χ4v) is 2.52. The highest BCUT2D eigenvalue weighted by Gasteiger charge is 2.30. The monoisotopic (exact) mass is 278 g/mol. The molecule has 0 radical (unpaired) electrons. The molecule has 1 atom stereocenters. The zero-order chi connectivity index (χ0) is 14.9. The molecule has 3 heteroatoms. The molecule has 1 aliphatic rings. The summed E-state index contributed by atoms with van der Waals surface area (Å²) in [5.41, 5.74) is 1.38. The van der Waals surface area contributed by atoms with Gasteiger partial charge in [-0.3, -0.25) is 4.90 Å². The van der Waals surface area contributed by atoms with Crippen LogP contribution in [0.1, 0.15) is 57.6 Å². The summed E-state index contributed by atoms with van der Waals surface area (Å²) in [5, 5.41) is 3.49. The van der Waals surface area contributed by atoms with Gasteiger partial charge < -0.3 is 9.73 Å². The van der Waals surface area contributed by atoms with E-state index in [4.69, 9.17) is 4.42 Å². The molecule has 0 bridgehead atoms. The van der Waals surface area contributed by atoms with Crippen molar-refractivity contribution in [2.24, 2.45) is 5.92 Å². The van der Waals surface area contributed by atoms with Gasteiger partial charge in [-0.15, -0.1) is 0 Å². The quantitative estimate of drug-likeness (QED) is 0.860. The minimum absolute atomic E-state index is 0.122. The first-order chi connectivity index (χ1) is 9.26. The fraction of sp³-hybridized carbons (Fsp3) is 0.765. The normalized spacial score (nSPS) is 17.8. The van der Waals surface area contributed by atoms with Crippen LogP contribution >= 0.6 is 0 Å². The van der Waals surface area contributed by atoms with Gasteiger partial charge in [-0.2, -0.15) is 0 Å². The zero-order valence-corrected chi connectivity index (χ0v) is 13.9. The van der Waals surface area contributed by atoms with Crippen molar-refractivity contribution >= 4 is 0 Å². The lowest BCUT2D eigenvalue weighted by molar-refractivity contribution is 0.207. The van der Waals surface area contributed by atoms with Crippen LogP contribution in [-0.2, 0) is 13.1 Å². The molecule has 3 nitrogen and oxygen atoms in total. The van der Waals surface area contributed by atoms with E-state index in [-0.39, 0.29) is 5.54 Å². The summed E-state index contributed by atoms with van der Waals surface area (Å²) in [6, 6.07) is 2.85. The van der Waals surface area contributed by atoms with Gasteiger partial charge >= 0.3 is 0 Å². The highest BCUT2D eigenvalue weighted by atomic mass is 16.3. The van der Waals surface area contributed by atoms with Crippen molar-refractivity contribution in [1.29, 1.82) is 0 Å². The van der Waals surface area contributed by atoms with Crippen molar-refractivity contribution in [3.63, 3.8) is 0 Å². The summed E-state index contributed by atoms with van der Waals surface area (Å²) < 4.78 is 6.03. The number of rotatable bonds is 6. The van der Waals surface area contributed by atoms with E-state index in [2.05, 4.69) is 57.9 Å². The Bertz CT molecular complexity index is 440. The summed E-state index contributed by atoms with van der Waals surface area (Å²) in [6.07, 6.45) is 2.78. The van der Waals surface area contributed by atoms with Crippen LogP contribution < -0.4 is 5.32 Å². The van der Waals surface area contributed by atoms with Gasteiger partial charge in [0.1, 0.15) is 11.5 Å². The SMILES string of the molecule is Cc1cc(CN(C)C(C)C2CC2)oc1CNC(C)(C)C. The van der Waals surface area contributed by atoms with Gasteiger partial charge in [-0.25, -0.2) is 0 Å². The van der Waals surface area contributed by atoms with Gasteiger partial charge in [-0.05, 0) is 72.1 Å². The van der Waals surface area contributed by atoms with Gasteiger partial charge in [-0.1, -0.05) is 0 Å². The second-order valence-corrected chi connectivity index (χ2v) is 7.42. The van der Waals surface area contributed by atoms with Gasteiger partial charge in [0.2, 0.25) is 0 Å².